The molecule has 2 aromatic carbocycles. The SMILES string of the molecule is CCOC(OC)Oc1ccc(C(C#Cc2ccccc2)OC(C)=O)cc1C12CC3CC(CC(C3)C1)C2. The van der Waals surface area contributed by atoms with E-state index in [9.17, 15) is 4.79 Å². The Labute approximate surface area is 214 Å². The van der Waals surface area contributed by atoms with Crippen LogP contribution in [0, 0.1) is 29.6 Å². The van der Waals surface area contributed by atoms with Gasteiger partial charge in [-0.15, -0.1) is 0 Å². The van der Waals surface area contributed by atoms with Crippen LogP contribution < -0.4 is 4.74 Å². The van der Waals surface area contributed by atoms with Gasteiger partial charge < -0.3 is 18.9 Å². The molecule has 4 aliphatic rings. The fourth-order valence-electron chi connectivity index (χ4n) is 7.08. The third kappa shape index (κ3) is 5.31. The summed E-state index contributed by atoms with van der Waals surface area (Å²) in [5, 5.41) is 0. The molecule has 5 nitrogen and oxygen atoms in total. The maximum atomic E-state index is 12.0. The minimum Gasteiger partial charge on any atom is -0.444 e. The molecule has 4 bridgehead atoms. The lowest BCUT2D eigenvalue weighted by atomic mass is 9.48. The Bertz CT molecular complexity index is 1090. The maximum Gasteiger partial charge on any atom is 0.315 e. The topological polar surface area (TPSA) is 54.0 Å². The number of rotatable bonds is 8. The molecular weight excluding hydrogens is 452 g/mol. The minimum absolute atomic E-state index is 0.0677. The van der Waals surface area contributed by atoms with Gasteiger partial charge in [-0.25, -0.2) is 0 Å². The molecule has 4 saturated carbocycles. The summed E-state index contributed by atoms with van der Waals surface area (Å²) in [7, 11) is 1.59. The van der Waals surface area contributed by atoms with Gasteiger partial charge in [0.25, 0.3) is 0 Å². The number of hydrogen-bond acceptors (Lipinski definition) is 5. The fourth-order valence-corrected chi connectivity index (χ4v) is 7.08. The van der Waals surface area contributed by atoms with Gasteiger partial charge in [-0.1, -0.05) is 30.2 Å². The summed E-state index contributed by atoms with van der Waals surface area (Å²) in [5.41, 5.74) is 3.00. The predicted octanol–water partition coefficient (Wildman–Crippen LogP) is 6.16. The first-order valence-corrected chi connectivity index (χ1v) is 13.2. The molecule has 0 aliphatic heterocycles. The van der Waals surface area contributed by atoms with Crippen LogP contribution in [0.25, 0.3) is 0 Å². The minimum atomic E-state index is -0.768. The Balaban J connectivity index is 1.55. The second-order valence-electron chi connectivity index (χ2n) is 10.7. The van der Waals surface area contributed by atoms with Crippen molar-refractivity contribution >= 4 is 5.97 Å². The Kier molecular flexibility index (Phi) is 7.37. The van der Waals surface area contributed by atoms with Crippen LogP contribution in [0.1, 0.15) is 75.2 Å². The van der Waals surface area contributed by atoms with Gasteiger partial charge in [0, 0.05) is 30.7 Å². The van der Waals surface area contributed by atoms with Gasteiger partial charge in [-0.2, -0.15) is 0 Å². The Hall–Kier alpha value is -2.81. The summed E-state index contributed by atoms with van der Waals surface area (Å²) in [6, 6.07) is 15.9. The van der Waals surface area contributed by atoms with Crippen LogP contribution in [0.5, 0.6) is 5.75 Å². The van der Waals surface area contributed by atoms with Crippen molar-refractivity contribution in [1.29, 1.82) is 0 Å². The number of esters is 1. The van der Waals surface area contributed by atoms with Crippen molar-refractivity contribution in [1.82, 2.24) is 0 Å². The van der Waals surface area contributed by atoms with Gasteiger partial charge in [0.2, 0.25) is 0 Å². The number of ether oxygens (including phenoxy) is 4. The van der Waals surface area contributed by atoms with Gasteiger partial charge in [-0.3, -0.25) is 4.79 Å². The van der Waals surface area contributed by atoms with Crippen LogP contribution in [0.4, 0.5) is 0 Å². The van der Waals surface area contributed by atoms with E-state index in [2.05, 4.69) is 17.9 Å². The van der Waals surface area contributed by atoms with Crippen LogP contribution >= 0.6 is 0 Å². The summed E-state index contributed by atoms with van der Waals surface area (Å²) in [4.78, 5) is 12.0. The van der Waals surface area contributed by atoms with Crippen LogP contribution in [0.3, 0.4) is 0 Å². The Morgan fingerprint density at radius 3 is 2.28 bits per heavy atom. The van der Waals surface area contributed by atoms with Gasteiger partial charge in [-0.05, 0) is 98.8 Å². The average Bonchev–Trinajstić information content (AvgIpc) is 2.86. The molecule has 4 aliphatic carbocycles. The second-order valence-corrected chi connectivity index (χ2v) is 10.7. The van der Waals surface area contributed by atoms with Crippen LogP contribution in [-0.2, 0) is 24.4 Å². The lowest BCUT2D eigenvalue weighted by Gasteiger charge is -2.57. The molecule has 0 N–H and O–H groups in total. The first-order chi connectivity index (χ1) is 17.5. The maximum absolute atomic E-state index is 12.0. The molecule has 0 amide bonds. The molecule has 0 aromatic heterocycles. The zero-order valence-corrected chi connectivity index (χ0v) is 21.5. The van der Waals surface area contributed by atoms with E-state index in [-0.39, 0.29) is 11.4 Å². The molecule has 0 spiro atoms. The Morgan fingerprint density at radius 1 is 1.03 bits per heavy atom. The Morgan fingerprint density at radius 2 is 1.69 bits per heavy atom. The summed E-state index contributed by atoms with van der Waals surface area (Å²) < 4.78 is 23.1. The van der Waals surface area contributed by atoms with E-state index in [1.807, 2.05) is 49.4 Å². The molecular formula is C31H36O5. The van der Waals surface area contributed by atoms with E-state index in [4.69, 9.17) is 18.9 Å². The molecule has 6 rings (SSSR count). The van der Waals surface area contributed by atoms with E-state index in [1.165, 1.54) is 51.0 Å². The highest BCUT2D eigenvalue weighted by Crippen LogP contribution is 2.62. The summed E-state index contributed by atoms with van der Waals surface area (Å²) in [6.45, 7) is 3.08. The van der Waals surface area contributed by atoms with Crippen LogP contribution in [0.15, 0.2) is 48.5 Å². The molecule has 5 heteroatoms. The third-order valence-corrected chi connectivity index (χ3v) is 8.04. The number of benzene rings is 2. The molecule has 2 atom stereocenters. The lowest BCUT2D eigenvalue weighted by molar-refractivity contribution is -0.231. The summed E-state index contributed by atoms with van der Waals surface area (Å²) in [6.07, 6.45) is 6.94. The van der Waals surface area contributed by atoms with Crippen molar-refractivity contribution in [2.45, 2.75) is 70.4 Å². The van der Waals surface area contributed by atoms with E-state index in [0.29, 0.717) is 6.61 Å². The average molecular weight is 489 g/mol. The standard InChI is InChI=1S/C31H36O5/c1-4-34-30(33-3)36-29-13-11-26(28(35-21(2)32)12-10-22-8-6-5-7-9-22)17-27(29)31-18-23-14-24(19-31)16-25(15-23)20-31/h5-9,11,13,17,23-25,28,30H,4,14-16,18-20H2,1-3H3. The predicted molar refractivity (Wildman–Crippen MR) is 137 cm³/mol. The zero-order valence-electron chi connectivity index (χ0n) is 21.5. The quantitative estimate of drug-likeness (QED) is 0.253. The van der Waals surface area contributed by atoms with Crippen molar-refractivity contribution in [3.8, 4) is 17.6 Å². The fraction of sp³-hybridized carbons (Fsp3) is 0.516. The molecule has 36 heavy (non-hydrogen) atoms. The molecule has 190 valence electrons. The highest BCUT2D eigenvalue weighted by atomic mass is 16.8. The van der Waals surface area contributed by atoms with Crippen molar-refractivity contribution in [3.05, 3.63) is 65.2 Å². The second kappa shape index (κ2) is 10.7. The number of hydrogen-bond donors (Lipinski definition) is 0. The number of carbonyl (C=O) groups is 1. The summed E-state index contributed by atoms with van der Waals surface area (Å²) >= 11 is 0. The normalized spacial score (nSPS) is 27.6. The first kappa shape index (κ1) is 24.9. The molecule has 2 unspecified atom stereocenters. The van der Waals surface area contributed by atoms with Crippen molar-refractivity contribution in [2.24, 2.45) is 17.8 Å². The highest BCUT2D eigenvalue weighted by Gasteiger charge is 2.52. The molecule has 4 fully saturated rings. The van der Waals surface area contributed by atoms with Crippen LogP contribution in [0.2, 0.25) is 0 Å². The van der Waals surface area contributed by atoms with Gasteiger partial charge in [0.15, 0.2) is 6.10 Å². The smallest absolute Gasteiger partial charge is 0.315 e. The van der Waals surface area contributed by atoms with Gasteiger partial charge in [0.05, 0.1) is 6.61 Å². The van der Waals surface area contributed by atoms with Gasteiger partial charge in [0.1, 0.15) is 5.75 Å². The molecule has 2 aromatic rings. The van der Waals surface area contributed by atoms with Gasteiger partial charge >= 0.3 is 12.4 Å². The van der Waals surface area contributed by atoms with Crippen molar-refractivity contribution in [2.75, 3.05) is 13.7 Å². The first-order valence-electron chi connectivity index (χ1n) is 13.2. The number of methoxy groups -OCH3 is 1. The monoisotopic (exact) mass is 488 g/mol. The van der Waals surface area contributed by atoms with E-state index < -0.39 is 12.6 Å². The van der Waals surface area contributed by atoms with E-state index in [0.717, 1.165) is 34.6 Å². The largest absolute Gasteiger partial charge is 0.444 e. The van der Waals surface area contributed by atoms with Crippen LogP contribution in [-0.4, -0.2) is 26.2 Å². The highest BCUT2D eigenvalue weighted by molar-refractivity contribution is 5.67. The molecule has 0 radical (unpaired) electrons. The summed E-state index contributed by atoms with van der Waals surface area (Å²) in [5.74, 6) is 9.14. The molecule has 0 heterocycles. The van der Waals surface area contributed by atoms with Crippen molar-refractivity contribution < 1.29 is 23.7 Å². The van der Waals surface area contributed by atoms with E-state index in [1.54, 1.807) is 7.11 Å². The third-order valence-electron chi connectivity index (χ3n) is 8.04. The zero-order chi connectivity index (χ0) is 25.1. The lowest BCUT2D eigenvalue weighted by Crippen LogP contribution is -2.48. The van der Waals surface area contributed by atoms with E-state index >= 15 is 0 Å². The van der Waals surface area contributed by atoms with Crippen molar-refractivity contribution in [3.63, 3.8) is 0 Å². The number of carbonyl (C=O) groups excluding carboxylic acids is 1. The molecule has 0 saturated heterocycles.